The SMILES string of the molecule is Cc1nc2ccc(-c3cnc(C(C)(C)O)nc3)cc2c(C(O)C(C)CC(C)C)c1Cl. The Hall–Kier alpha value is -2.08. The monoisotopic (exact) mass is 427 g/mol. The zero-order valence-corrected chi connectivity index (χ0v) is 19.2. The van der Waals surface area contributed by atoms with Crippen LogP contribution in [0.25, 0.3) is 22.0 Å². The molecule has 2 unspecified atom stereocenters. The van der Waals surface area contributed by atoms with E-state index >= 15 is 0 Å². The van der Waals surface area contributed by atoms with Crippen molar-refractivity contribution in [3.8, 4) is 11.1 Å². The summed E-state index contributed by atoms with van der Waals surface area (Å²) >= 11 is 6.64. The summed E-state index contributed by atoms with van der Waals surface area (Å²) in [5.41, 5.74) is 2.85. The number of hydrogen-bond acceptors (Lipinski definition) is 5. The highest BCUT2D eigenvalue weighted by molar-refractivity contribution is 6.33. The van der Waals surface area contributed by atoms with Gasteiger partial charge in [0.1, 0.15) is 5.60 Å². The topological polar surface area (TPSA) is 79.1 Å². The lowest BCUT2D eigenvalue weighted by molar-refractivity contribution is 0.0687. The summed E-state index contributed by atoms with van der Waals surface area (Å²) in [5.74, 6) is 0.904. The minimum Gasteiger partial charge on any atom is -0.388 e. The van der Waals surface area contributed by atoms with Crippen LogP contribution in [-0.2, 0) is 5.60 Å². The van der Waals surface area contributed by atoms with Gasteiger partial charge in [0.2, 0.25) is 0 Å². The van der Waals surface area contributed by atoms with Crippen LogP contribution in [-0.4, -0.2) is 25.2 Å². The number of aryl methyl sites for hydroxylation is 1. The number of aliphatic hydroxyl groups is 2. The van der Waals surface area contributed by atoms with E-state index in [0.29, 0.717) is 22.5 Å². The van der Waals surface area contributed by atoms with Gasteiger partial charge in [0.25, 0.3) is 0 Å². The van der Waals surface area contributed by atoms with E-state index < -0.39 is 11.7 Å². The molecule has 0 aliphatic carbocycles. The summed E-state index contributed by atoms with van der Waals surface area (Å²) in [6.45, 7) is 11.5. The largest absolute Gasteiger partial charge is 0.388 e. The molecule has 2 atom stereocenters. The molecule has 2 aromatic heterocycles. The van der Waals surface area contributed by atoms with Gasteiger partial charge in [0.15, 0.2) is 5.82 Å². The van der Waals surface area contributed by atoms with Gasteiger partial charge in [-0.05, 0) is 56.7 Å². The number of aliphatic hydroxyl groups excluding tert-OH is 1. The molecule has 0 aliphatic rings. The Kier molecular flexibility index (Phi) is 6.46. The van der Waals surface area contributed by atoms with Crippen molar-refractivity contribution in [3.05, 3.63) is 52.7 Å². The van der Waals surface area contributed by atoms with Gasteiger partial charge >= 0.3 is 0 Å². The number of halogens is 1. The van der Waals surface area contributed by atoms with Crippen molar-refractivity contribution in [1.29, 1.82) is 0 Å². The van der Waals surface area contributed by atoms with Crippen molar-refractivity contribution in [3.63, 3.8) is 0 Å². The maximum absolute atomic E-state index is 11.2. The molecule has 0 spiro atoms. The van der Waals surface area contributed by atoms with Crippen LogP contribution in [0.4, 0.5) is 0 Å². The van der Waals surface area contributed by atoms with Crippen LogP contribution in [0.5, 0.6) is 0 Å². The Bertz CT molecular complexity index is 1040. The number of benzene rings is 1. The number of aromatic nitrogens is 3. The highest BCUT2D eigenvalue weighted by Crippen LogP contribution is 2.38. The average Bonchev–Trinajstić information content (AvgIpc) is 2.67. The van der Waals surface area contributed by atoms with E-state index in [1.54, 1.807) is 26.2 Å². The minimum absolute atomic E-state index is 0.0607. The zero-order chi connectivity index (χ0) is 22.2. The van der Waals surface area contributed by atoms with Crippen LogP contribution in [0.3, 0.4) is 0 Å². The van der Waals surface area contributed by atoms with E-state index in [1.165, 1.54) is 0 Å². The van der Waals surface area contributed by atoms with E-state index in [9.17, 15) is 10.2 Å². The first-order valence-corrected chi connectivity index (χ1v) is 10.7. The molecule has 5 nitrogen and oxygen atoms in total. The molecule has 160 valence electrons. The Morgan fingerprint density at radius 3 is 2.27 bits per heavy atom. The van der Waals surface area contributed by atoms with Gasteiger partial charge in [-0.1, -0.05) is 38.4 Å². The van der Waals surface area contributed by atoms with Gasteiger partial charge < -0.3 is 10.2 Å². The number of fused-ring (bicyclic) bond motifs is 1. The number of nitrogens with zero attached hydrogens (tertiary/aromatic N) is 3. The van der Waals surface area contributed by atoms with Crippen molar-refractivity contribution in [2.24, 2.45) is 11.8 Å². The van der Waals surface area contributed by atoms with Gasteiger partial charge in [-0.3, -0.25) is 4.98 Å². The van der Waals surface area contributed by atoms with Crippen molar-refractivity contribution in [2.45, 2.75) is 59.7 Å². The Labute approximate surface area is 183 Å². The van der Waals surface area contributed by atoms with Crippen molar-refractivity contribution < 1.29 is 10.2 Å². The number of pyridine rings is 1. The lowest BCUT2D eigenvalue weighted by Gasteiger charge is -2.24. The average molecular weight is 428 g/mol. The molecule has 0 bridgehead atoms. The number of rotatable bonds is 6. The second kappa shape index (κ2) is 8.58. The van der Waals surface area contributed by atoms with Gasteiger partial charge in [0.05, 0.1) is 22.3 Å². The first-order valence-electron chi connectivity index (χ1n) is 10.3. The third kappa shape index (κ3) is 4.64. The molecule has 2 N–H and O–H groups in total. The lowest BCUT2D eigenvalue weighted by Crippen LogP contribution is -2.19. The van der Waals surface area contributed by atoms with Gasteiger partial charge in [-0.2, -0.15) is 0 Å². The fourth-order valence-electron chi connectivity index (χ4n) is 3.81. The normalized spacial score (nSPS) is 14.3. The smallest absolute Gasteiger partial charge is 0.159 e. The molecule has 0 aliphatic heterocycles. The third-order valence-corrected chi connectivity index (χ3v) is 5.82. The highest BCUT2D eigenvalue weighted by Gasteiger charge is 2.24. The van der Waals surface area contributed by atoms with Crippen molar-refractivity contribution in [1.82, 2.24) is 15.0 Å². The molecule has 2 heterocycles. The lowest BCUT2D eigenvalue weighted by atomic mass is 9.87. The minimum atomic E-state index is -1.10. The van der Waals surface area contributed by atoms with E-state index in [0.717, 1.165) is 34.0 Å². The molecule has 30 heavy (non-hydrogen) atoms. The summed E-state index contributed by atoms with van der Waals surface area (Å²) in [6.07, 6.45) is 3.60. The quantitative estimate of drug-likeness (QED) is 0.535. The molecule has 3 rings (SSSR count). The molecular weight excluding hydrogens is 398 g/mol. The van der Waals surface area contributed by atoms with E-state index in [1.807, 2.05) is 25.1 Å². The predicted molar refractivity (Wildman–Crippen MR) is 121 cm³/mol. The van der Waals surface area contributed by atoms with Gasteiger partial charge in [-0.25, -0.2) is 9.97 Å². The molecule has 0 radical (unpaired) electrons. The van der Waals surface area contributed by atoms with Crippen molar-refractivity contribution in [2.75, 3.05) is 0 Å². The Balaban J connectivity index is 2.12. The molecule has 0 amide bonds. The summed E-state index contributed by atoms with van der Waals surface area (Å²) in [4.78, 5) is 13.2. The fraction of sp³-hybridized carbons (Fsp3) is 0.458. The predicted octanol–water partition coefficient (Wildman–Crippen LogP) is 5.60. The van der Waals surface area contributed by atoms with Crippen LogP contribution in [0.15, 0.2) is 30.6 Å². The molecular formula is C24H30ClN3O2. The molecule has 1 aromatic carbocycles. The van der Waals surface area contributed by atoms with Crippen LogP contribution in [0.1, 0.15) is 64.2 Å². The van der Waals surface area contributed by atoms with Crippen LogP contribution < -0.4 is 0 Å². The third-order valence-electron chi connectivity index (χ3n) is 5.34. The molecule has 6 heteroatoms. The number of hydrogen-bond donors (Lipinski definition) is 2. The Morgan fingerprint density at radius 2 is 1.70 bits per heavy atom. The van der Waals surface area contributed by atoms with Crippen molar-refractivity contribution >= 4 is 22.5 Å². The zero-order valence-electron chi connectivity index (χ0n) is 18.4. The summed E-state index contributed by atoms with van der Waals surface area (Å²) < 4.78 is 0. The second-order valence-corrected chi connectivity index (χ2v) is 9.44. The fourth-order valence-corrected chi connectivity index (χ4v) is 4.07. The van der Waals surface area contributed by atoms with E-state index in [4.69, 9.17) is 11.6 Å². The summed E-state index contributed by atoms with van der Waals surface area (Å²) in [7, 11) is 0. The second-order valence-electron chi connectivity index (χ2n) is 9.06. The van der Waals surface area contributed by atoms with Crippen LogP contribution in [0.2, 0.25) is 5.02 Å². The first-order chi connectivity index (χ1) is 14.0. The van der Waals surface area contributed by atoms with Gasteiger partial charge in [0, 0.05) is 28.9 Å². The highest BCUT2D eigenvalue weighted by atomic mass is 35.5. The first kappa shape index (κ1) is 22.6. The Morgan fingerprint density at radius 1 is 1.07 bits per heavy atom. The standard InChI is InChI=1S/C24H30ClN3O2/c1-13(2)9-14(3)22(29)20-18-10-16(7-8-19(18)28-15(4)21(20)25)17-11-26-23(27-12-17)24(5,6)30/h7-8,10-14,22,29-30H,9H2,1-6H3. The van der Waals surface area contributed by atoms with Crippen LogP contribution in [0, 0.1) is 18.8 Å². The summed E-state index contributed by atoms with van der Waals surface area (Å²) in [5, 5.41) is 22.6. The maximum Gasteiger partial charge on any atom is 0.159 e. The summed E-state index contributed by atoms with van der Waals surface area (Å²) in [6, 6.07) is 5.87. The van der Waals surface area contributed by atoms with Crippen LogP contribution >= 0.6 is 11.6 Å². The maximum atomic E-state index is 11.2. The molecule has 3 aromatic rings. The van der Waals surface area contributed by atoms with Gasteiger partial charge in [-0.15, -0.1) is 0 Å². The molecule has 0 fully saturated rings. The molecule has 0 saturated heterocycles. The molecule has 0 saturated carbocycles. The van der Waals surface area contributed by atoms with E-state index in [-0.39, 0.29) is 5.92 Å². The van der Waals surface area contributed by atoms with E-state index in [2.05, 4.69) is 35.7 Å².